The van der Waals surface area contributed by atoms with Gasteiger partial charge in [-0.15, -0.1) is 10.2 Å². The van der Waals surface area contributed by atoms with Crippen molar-refractivity contribution >= 4 is 68.9 Å². The van der Waals surface area contributed by atoms with Crippen molar-refractivity contribution in [2.24, 2.45) is 0 Å². The van der Waals surface area contributed by atoms with Crippen LogP contribution >= 0.6 is 46.3 Å². The number of carbonyl (C=O) groups excluding carboxylic acids is 2. The van der Waals surface area contributed by atoms with Gasteiger partial charge in [0.2, 0.25) is 11.0 Å². The highest BCUT2D eigenvalue weighted by atomic mass is 35.5. The molecule has 0 spiro atoms. The maximum Gasteiger partial charge on any atom is 0.257 e. The molecular formula is C18H14Cl2N4O3S2. The van der Waals surface area contributed by atoms with E-state index in [0.717, 1.165) is 0 Å². The van der Waals surface area contributed by atoms with Gasteiger partial charge in [-0.2, -0.15) is 0 Å². The Bertz CT molecular complexity index is 1050. The minimum atomic E-state index is -0.342. The Balaban J connectivity index is 1.54. The minimum Gasteiger partial charge on any atom is -0.495 e. The van der Waals surface area contributed by atoms with Crippen molar-refractivity contribution in [2.45, 2.75) is 4.34 Å². The number of rotatable bonds is 7. The van der Waals surface area contributed by atoms with E-state index in [2.05, 4.69) is 20.8 Å². The standard InChI is InChI=1S/C18H14Cl2N4O3S2/c1-27-14-6-5-12(20)8-13(14)21-15(25)9-28-18-24-23-17(29-18)22-16(26)10-3-2-4-11(19)7-10/h2-8H,9H2,1H3,(H,21,25)(H,22,23,26). The van der Waals surface area contributed by atoms with Gasteiger partial charge in [-0.25, -0.2) is 0 Å². The highest BCUT2D eigenvalue weighted by molar-refractivity contribution is 8.01. The summed E-state index contributed by atoms with van der Waals surface area (Å²) in [6.45, 7) is 0. The first-order valence-corrected chi connectivity index (χ1v) is 10.7. The van der Waals surface area contributed by atoms with Gasteiger partial charge in [0.1, 0.15) is 5.75 Å². The number of anilines is 2. The molecule has 0 aliphatic carbocycles. The van der Waals surface area contributed by atoms with Gasteiger partial charge in [-0.3, -0.25) is 14.9 Å². The summed E-state index contributed by atoms with van der Waals surface area (Å²) in [5.74, 6) is 0.0166. The number of thioether (sulfide) groups is 1. The Morgan fingerprint density at radius 2 is 1.90 bits per heavy atom. The second-order valence-corrected chi connectivity index (χ2v) is 8.59. The van der Waals surface area contributed by atoms with E-state index in [-0.39, 0.29) is 17.6 Å². The zero-order chi connectivity index (χ0) is 20.8. The molecule has 0 aliphatic rings. The molecule has 29 heavy (non-hydrogen) atoms. The summed E-state index contributed by atoms with van der Waals surface area (Å²) < 4.78 is 5.74. The van der Waals surface area contributed by atoms with Crippen molar-refractivity contribution in [3.63, 3.8) is 0 Å². The molecule has 1 heterocycles. The van der Waals surface area contributed by atoms with Gasteiger partial charge in [0.15, 0.2) is 4.34 Å². The molecule has 3 rings (SSSR count). The third-order valence-corrected chi connectivity index (χ3v) is 5.92. The highest BCUT2D eigenvalue weighted by Gasteiger charge is 2.13. The van der Waals surface area contributed by atoms with Gasteiger partial charge in [0, 0.05) is 15.6 Å². The van der Waals surface area contributed by atoms with Crippen LogP contribution in [-0.2, 0) is 4.79 Å². The smallest absolute Gasteiger partial charge is 0.257 e. The van der Waals surface area contributed by atoms with E-state index in [1.165, 1.54) is 30.2 Å². The quantitative estimate of drug-likeness (QED) is 0.380. The average Bonchev–Trinajstić information content (AvgIpc) is 3.14. The third-order valence-electron chi connectivity index (χ3n) is 3.48. The van der Waals surface area contributed by atoms with Crippen LogP contribution in [0.25, 0.3) is 0 Å². The predicted molar refractivity (Wildman–Crippen MR) is 117 cm³/mol. The molecule has 0 unspecified atom stereocenters. The summed E-state index contributed by atoms with van der Waals surface area (Å²) in [7, 11) is 1.51. The van der Waals surface area contributed by atoms with E-state index in [0.29, 0.717) is 36.5 Å². The molecule has 1 aromatic heterocycles. The Labute approximate surface area is 184 Å². The number of nitrogens with one attached hydrogen (secondary N) is 2. The summed E-state index contributed by atoms with van der Waals surface area (Å²) in [5, 5.41) is 14.6. The maximum absolute atomic E-state index is 12.2. The van der Waals surface area contributed by atoms with Crippen LogP contribution in [0.1, 0.15) is 10.4 Å². The lowest BCUT2D eigenvalue weighted by Crippen LogP contribution is -2.14. The van der Waals surface area contributed by atoms with Crippen molar-refractivity contribution in [3.8, 4) is 5.75 Å². The van der Waals surface area contributed by atoms with Crippen LogP contribution in [-0.4, -0.2) is 34.9 Å². The second kappa shape index (κ2) is 9.93. The summed E-state index contributed by atoms with van der Waals surface area (Å²) >= 11 is 14.2. The molecule has 0 aliphatic heterocycles. The lowest BCUT2D eigenvalue weighted by Gasteiger charge is -2.09. The minimum absolute atomic E-state index is 0.104. The first kappa shape index (κ1) is 21.4. The second-order valence-electron chi connectivity index (χ2n) is 5.52. The molecule has 0 radical (unpaired) electrons. The van der Waals surface area contributed by atoms with Crippen molar-refractivity contribution in [1.82, 2.24) is 10.2 Å². The van der Waals surface area contributed by atoms with Crippen LogP contribution in [0.5, 0.6) is 5.75 Å². The summed E-state index contributed by atoms with van der Waals surface area (Å²) in [4.78, 5) is 24.4. The molecule has 0 saturated carbocycles. The molecule has 0 saturated heterocycles. The van der Waals surface area contributed by atoms with Gasteiger partial charge in [-0.05, 0) is 36.4 Å². The van der Waals surface area contributed by atoms with Crippen LogP contribution in [0.15, 0.2) is 46.8 Å². The molecule has 2 amide bonds. The number of halogens is 2. The van der Waals surface area contributed by atoms with Crippen molar-refractivity contribution < 1.29 is 14.3 Å². The van der Waals surface area contributed by atoms with Crippen molar-refractivity contribution in [1.29, 1.82) is 0 Å². The Hall–Kier alpha value is -2.33. The molecule has 0 fully saturated rings. The van der Waals surface area contributed by atoms with E-state index in [4.69, 9.17) is 27.9 Å². The van der Waals surface area contributed by atoms with Crippen LogP contribution < -0.4 is 15.4 Å². The number of amides is 2. The van der Waals surface area contributed by atoms with Gasteiger partial charge in [0.25, 0.3) is 5.91 Å². The van der Waals surface area contributed by atoms with Crippen LogP contribution in [0.3, 0.4) is 0 Å². The lowest BCUT2D eigenvalue weighted by molar-refractivity contribution is -0.113. The van der Waals surface area contributed by atoms with E-state index < -0.39 is 0 Å². The predicted octanol–water partition coefficient (Wildman–Crippen LogP) is 4.84. The van der Waals surface area contributed by atoms with E-state index >= 15 is 0 Å². The number of hydrogen-bond acceptors (Lipinski definition) is 7. The topological polar surface area (TPSA) is 93.2 Å². The monoisotopic (exact) mass is 468 g/mol. The van der Waals surface area contributed by atoms with Crippen LogP contribution in [0.2, 0.25) is 10.0 Å². The zero-order valence-electron chi connectivity index (χ0n) is 14.9. The normalized spacial score (nSPS) is 10.4. The fourth-order valence-electron chi connectivity index (χ4n) is 2.21. The molecular weight excluding hydrogens is 455 g/mol. The van der Waals surface area contributed by atoms with E-state index in [1.807, 2.05) is 0 Å². The largest absolute Gasteiger partial charge is 0.495 e. The summed E-state index contributed by atoms with van der Waals surface area (Å²) in [6.07, 6.45) is 0. The highest BCUT2D eigenvalue weighted by Crippen LogP contribution is 2.29. The molecule has 2 N–H and O–H groups in total. The molecule has 150 valence electrons. The molecule has 2 aromatic carbocycles. The molecule has 0 bridgehead atoms. The first-order chi connectivity index (χ1) is 13.9. The number of hydrogen-bond donors (Lipinski definition) is 2. The number of carbonyl (C=O) groups is 2. The average molecular weight is 469 g/mol. The lowest BCUT2D eigenvalue weighted by atomic mass is 10.2. The Morgan fingerprint density at radius 1 is 1.10 bits per heavy atom. The number of ether oxygens (including phenoxy) is 1. The Kier molecular flexibility index (Phi) is 7.32. The first-order valence-electron chi connectivity index (χ1n) is 8.11. The number of aromatic nitrogens is 2. The van der Waals surface area contributed by atoms with Crippen molar-refractivity contribution in [3.05, 3.63) is 58.1 Å². The van der Waals surface area contributed by atoms with Gasteiger partial charge >= 0.3 is 0 Å². The summed E-state index contributed by atoms with van der Waals surface area (Å²) in [6, 6.07) is 11.5. The number of nitrogens with zero attached hydrogens (tertiary/aromatic N) is 2. The molecule has 11 heteroatoms. The van der Waals surface area contributed by atoms with Crippen LogP contribution in [0, 0.1) is 0 Å². The van der Waals surface area contributed by atoms with Crippen molar-refractivity contribution in [2.75, 3.05) is 23.5 Å². The van der Waals surface area contributed by atoms with Gasteiger partial charge < -0.3 is 10.1 Å². The zero-order valence-corrected chi connectivity index (χ0v) is 18.1. The fourth-order valence-corrected chi connectivity index (χ4v) is 4.12. The maximum atomic E-state index is 12.2. The molecule has 7 nitrogen and oxygen atoms in total. The number of benzene rings is 2. The third kappa shape index (κ3) is 6.07. The molecule has 0 atom stereocenters. The molecule has 3 aromatic rings. The van der Waals surface area contributed by atoms with Crippen LogP contribution in [0.4, 0.5) is 10.8 Å². The Morgan fingerprint density at radius 3 is 2.66 bits per heavy atom. The fraction of sp³-hybridized carbons (Fsp3) is 0.111. The van der Waals surface area contributed by atoms with E-state index in [9.17, 15) is 9.59 Å². The summed E-state index contributed by atoms with van der Waals surface area (Å²) in [5.41, 5.74) is 0.897. The van der Waals surface area contributed by atoms with Gasteiger partial charge in [0.05, 0.1) is 18.6 Å². The number of methoxy groups -OCH3 is 1. The van der Waals surface area contributed by atoms with E-state index in [1.54, 1.807) is 42.5 Å². The van der Waals surface area contributed by atoms with Gasteiger partial charge in [-0.1, -0.05) is 52.4 Å². The SMILES string of the molecule is COc1ccc(Cl)cc1NC(=O)CSc1nnc(NC(=O)c2cccc(Cl)c2)s1.